The summed E-state index contributed by atoms with van der Waals surface area (Å²) in [4.78, 5) is 27.5. The minimum absolute atomic E-state index is 0.117. The van der Waals surface area contributed by atoms with Crippen LogP contribution >= 0.6 is 0 Å². The third kappa shape index (κ3) is 2.59. The van der Waals surface area contributed by atoms with E-state index < -0.39 is 17.9 Å². The first-order chi connectivity index (χ1) is 9.40. The van der Waals surface area contributed by atoms with E-state index in [9.17, 15) is 14.7 Å². The lowest BCUT2D eigenvalue weighted by atomic mass is 10.2. The second kappa shape index (κ2) is 5.25. The van der Waals surface area contributed by atoms with Gasteiger partial charge in [-0.3, -0.25) is 9.59 Å². The van der Waals surface area contributed by atoms with Gasteiger partial charge >= 0.3 is 0 Å². The van der Waals surface area contributed by atoms with Crippen molar-refractivity contribution in [3.63, 3.8) is 0 Å². The zero-order valence-corrected chi connectivity index (χ0v) is 11.1. The molecule has 8 heteroatoms. The molecule has 106 valence electrons. The Hall–Kier alpha value is -2.48. The molecule has 8 nitrogen and oxygen atoms in total. The smallest absolute Gasteiger partial charge is 0.270 e. The molecule has 1 unspecified atom stereocenters. The Bertz CT molecular complexity index is 677. The van der Waals surface area contributed by atoms with Crippen LogP contribution in [0, 0.1) is 6.92 Å². The summed E-state index contributed by atoms with van der Waals surface area (Å²) >= 11 is 0. The molecule has 0 aromatic carbocycles. The highest BCUT2D eigenvalue weighted by Gasteiger charge is 2.18. The molecule has 0 fully saturated rings. The molecule has 4 N–H and O–H groups in total. The van der Waals surface area contributed by atoms with Gasteiger partial charge in [0.15, 0.2) is 5.65 Å². The van der Waals surface area contributed by atoms with Crippen molar-refractivity contribution in [1.82, 2.24) is 19.9 Å². The largest absolute Gasteiger partial charge is 0.392 e. The number of aromatic nitrogens is 3. The first-order valence-corrected chi connectivity index (χ1v) is 6.01. The van der Waals surface area contributed by atoms with Crippen molar-refractivity contribution < 1.29 is 14.7 Å². The fourth-order valence-electron chi connectivity index (χ4n) is 1.75. The van der Waals surface area contributed by atoms with Crippen LogP contribution in [-0.4, -0.2) is 44.2 Å². The van der Waals surface area contributed by atoms with Gasteiger partial charge in [0.1, 0.15) is 11.3 Å². The summed E-state index contributed by atoms with van der Waals surface area (Å²) in [6.45, 7) is 3.38. The molecule has 0 bridgehead atoms. The van der Waals surface area contributed by atoms with Gasteiger partial charge in [0.05, 0.1) is 12.3 Å². The maximum absolute atomic E-state index is 12.1. The van der Waals surface area contributed by atoms with Crippen LogP contribution in [0.1, 0.15) is 33.5 Å². The van der Waals surface area contributed by atoms with Crippen LogP contribution in [0.5, 0.6) is 0 Å². The average Bonchev–Trinajstić information content (AvgIpc) is 2.78. The normalized spacial score (nSPS) is 12.3. The van der Waals surface area contributed by atoms with E-state index in [2.05, 4.69) is 15.4 Å². The number of aliphatic hydroxyl groups is 1. The Morgan fingerprint density at radius 3 is 2.85 bits per heavy atom. The number of aryl methyl sites for hydroxylation is 1. The van der Waals surface area contributed by atoms with Crippen molar-refractivity contribution >= 4 is 17.5 Å². The summed E-state index contributed by atoms with van der Waals surface area (Å²) < 4.78 is 1.25. The molecule has 0 aliphatic rings. The molecule has 2 heterocycles. The molecular weight excluding hydrogens is 262 g/mol. The van der Waals surface area contributed by atoms with Gasteiger partial charge in [-0.1, -0.05) is 0 Å². The van der Waals surface area contributed by atoms with E-state index >= 15 is 0 Å². The number of carbonyl (C=O) groups excluding carboxylic acids is 2. The SMILES string of the molecule is Cc1cc(C(=O)NCC(C)O)n2ncc(C(N)=O)c2n1. The highest BCUT2D eigenvalue weighted by atomic mass is 16.3. The summed E-state index contributed by atoms with van der Waals surface area (Å²) in [5, 5.41) is 15.7. The van der Waals surface area contributed by atoms with Gasteiger partial charge < -0.3 is 16.2 Å². The molecule has 0 aliphatic heterocycles. The number of rotatable bonds is 4. The highest BCUT2D eigenvalue weighted by Crippen LogP contribution is 2.12. The highest BCUT2D eigenvalue weighted by molar-refractivity contribution is 6.00. The van der Waals surface area contributed by atoms with Crippen LogP contribution in [0.4, 0.5) is 0 Å². The molecule has 0 saturated heterocycles. The van der Waals surface area contributed by atoms with Crippen LogP contribution in [0.2, 0.25) is 0 Å². The molecule has 0 saturated carbocycles. The number of hydrogen-bond acceptors (Lipinski definition) is 5. The fourth-order valence-corrected chi connectivity index (χ4v) is 1.75. The third-order valence-corrected chi connectivity index (χ3v) is 2.66. The van der Waals surface area contributed by atoms with Gasteiger partial charge in [-0.25, -0.2) is 9.50 Å². The summed E-state index contributed by atoms with van der Waals surface area (Å²) in [5.74, 6) is -1.08. The quantitative estimate of drug-likeness (QED) is 0.678. The number of primary amides is 1. The number of amides is 2. The molecule has 2 aromatic heterocycles. The minimum atomic E-state index is -0.659. The van der Waals surface area contributed by atoms with Crippen LogP contribution < -0.4 is 11.1 Å². The van der Waals surface area contributed by atoms with Crippen LogP contribution in [0.3, 0.4) is 0 Å². The molecule has 0 radical (unpaired) electrons. The maximum atomic E-state index is 12.1. The first-order valence-electron chi connectivity index (χ1n) is 6.01. The van der Waals surface area contributed by atoms with Crippen LogP contribution in [-0.2, 0) is 0 Å². The van der Waals surface area contributed by atoms with E-state index in [1.807, 2.05) is 0 Å². The van der Waals surface area contributed by atoms with Crippen LogP contribution in [0.25, 0.3) is 5.65 Å². The van der Waals surface area contributed by atoms with Gasteiger partial charge in [-0.15, -0.1) is 0 Å². The van der Waals surface area contributed by atoms with Crippen molar-refractivity contribution in [2.45, 2.75) is 20.0 Å². The molecule has 0 spiro atoms. The Morgan fingerprint density at radius 1 is 1.55 bits per heavy atom. The number of aliphatic hydroxyl groups excluding tert-OH is 1. The molecule has 0 aliphatic carbocycles. The van der Waals surface area contributed by atoms with Gasteiger partial charge in [0.25, 0.3) is 11.8 Å². The monoisotopic (exact) mass is 277 g/mol. The van der Waals surface area contributed by atoms with E-state index in [4.69, 9.17) is 5.73 Å². The van der Waals surface area contributed by atoms with E-state index in [0.717, 1.165) is 0 Å². The van der Waals surface area contributed by atoms with Crippen molar-refractivity contribution in [3.05, 3.63) is 29.2 Å². The fraction of sp³-hybridized carbons (Fsp3) is 0.333. The maximum Gasteiger partial charge on any atom is 0.270 e. The van der Waals surface area contributed by atoms with Gasteiger partial charge in [-0.05, 0) is 19.9 Å². The van der Waals surface area contributed by atoms with E-state index in [-0.39, 0.29) is 23.4 Å². The summed E-state index contributed by atoms with van der Waals surface area (Å²) in [6.07, 6.45) is 0.617. The molecule has 2 aromatic rings. The lowest BCUT2D eigenvalue weighted by Crippen LogP contribution is -2.32. The van der Waals surface area contributed by atoms with Gasteiger partial charge in [-0.2, -0.15) is 5.10 Å². The van der Waals surface area contributed by atoms with Gasteiger partial charge in [0, 0.05) is 12.2 Å². The van der Waals surface area contributed by atoms with Crippen molar-refractivity contribution in [1.29, 1.82) is 0 Å². The van der Waals surface area contributed by atoms with E-state index in [0.29, 0.717) is 5.69 Å². The number of nitrogens with two attached hydrogens (primary N) is 1. The van der Waals surface area contributed by atoms with Gasteiger partial charge in [0.2, 0.25) is 0 Å². The zero-order chi connectivity index (χ0) is 14.9. The van der Waals surface area contributed by atoms with Crippen molar-refractivity contribution in [2.24, 2.45) is 5.73 Å². The summed E-state index contributed by atoms with van der Waals surface area (Å²) in [7, 11) is 0. The van der Waals surface area contributed by atoms with E-state index in [1.54, 1.807) is 19.9 Å². The topological polar surface area (TPSA) is 123 Å². The third-order valence-electron chi connectivity index (χ3n) is 2.66. The Morgan fingerprint density at radius 2 is 2.25 bits per heavy atom. The lowest BCUT2D eigenvalue weighted by Gasteiger charge is -2.09. The number of hydrogen-bond donors (Lipinski definition) is 3. The molecule has 1 atom stereocenters. The van der Waals surface area contributed by atoms with Crippen molar-refractivity contribution in [3.8, 4) is 0 Å². The molecule has 2 amide bonds. The second-order valence-corrected chi connectivity index (χ2v) is 4.50. The standard InChI is InChI=1S/C12H15N5O3/c1-6-3-9(12(20)14-4-7(2)18)17-11(16-6)8(5-15-17)10(13)19/h3,5,7,18H,4H2,1-2H3,(H2,13,19)(H,14,20). The predicted octanol–water partition coefficient (Wildman–Crippen LogP) is -0.753. The predicted molar refractivity (Wildman–Crippen MR) is 70.3 cm³/mol. The first kappa shape index (κ1) is 13.9. The number of nitrogens with zero attached hydrogens (tertiary/aromatic N) is 3. The molecule has 2 rings (SSSR count). The Balaban J connectivity index is 2.48. The van der Waals surface area contributed by atoms with E-state index in [1.165, 1.54) is 10.7 Å². The lowest BCUT2D eigenvalue weighted by molar-refractivity contribution is 0.0915. The summed E-state index contributed by atoms with van der Waals surface area (Å²) in [6, 6.07) is 1.54. The minimum Gasteiger partial charge on any atom is -0.392 e. The zero-order valence-electron chi connectivity index (χ0n) is 11.1. The number of carbonyl (C=O) groups is 2. The molecular formula is C12H15N5O3. The second-order valence-electron chi connectivity index (χ2n) is 4.50. The Kier molecular flexibility index (Phi) is 3.66. The molecule has 20 heavy (non-hydrogen) atoms. The average molecular weight is 277 g/mol. The summed E-state index contributed by atoms with van der Waals surface area (Å²) in [5.41, 5.74) is 6.40. The number of fused-ring (bicyclic) bond motifs is 1. The number of nitrogens with one attached hydrogen (secondary N) is 1. The Labute approximate surface area is 114 Å². The van der Waals surface area contributed by atoms with Crippen molar-refractivity contribution in [2.75, 3.05) is 6.54 Å². The van der Waals surface area contributed by atoms with Crippen LogP contribution in [0.15, 0.2) is 12.3 Å².